The number of rotatable bonds is 6. The molecule has 4 aromatic rings. The third-order valence-corrected chi connectivity index (χ3v) is 4.74. The lowest BCUT2D eigenvalue weighted by molar-refractivity contribution is -0.121. The van der Waals surface area contributed by atoms with Crippen molar-refractivity contribution in [2.45, 2.75) is 19.9 Å². The Morgan fingerprint density at radius 3 is 2.45 bits per heavy atom. The van der Waals surface area contributed by atoms with Gasteiger partial charge in [-0.25, -0.2) is 9.36 Å². The molecule has 7 heteroatoms. The molecular formula is C22H21N5O2. The van der Waals surface area contributed by atoms with Crippen molar-refractivity contribution in [1.29, 1.82) is 0 Å². The molecule has 0 saturated carbocycles. The minimum atomic E-state index is -0.342. The highest BCUT2D eigenvalue weighted by Crippen LogP contribution is 2.16. The molecule has 0 aliphatic rings. The Kier molecular flexibility index (Phi) is 5.20. The first-order valence-corrected chi connectivity index (χ1v) is 9.45. The van der Waals surface area contributed by atoms with Gasteiger partial charge in [-0.05, 0) is 31.0 Å². The van der Waals surface area contributed by atoms with Gasteiger partial charge in [-0.15, -0.1) is 0 Å². The molecule has 4 rings (SSSR count). The molecule has 1 N–H and O–H groups in total. The molecule has 0 spiro atoms. The van der Waals surface area contributed by atoms with Crippen LogP contribution in [-0.4, -0.2) is 32.0 Å². The molecule has 0 fully saturated rings. The number of nitrogens with zero attached hydrogens (tertiary/aromatic N) is 4. The van der Waals surface area contributed by atoms with Crippen molar-refractivity contribution >= 4 is 16.8 Å². The summed E-state index contributed by atoms with van der Waals surface area (Å²) in [6.45, 7) is 2.17. The van der Waals surface area contributed by atoms with Crippen LogP contribution in [0.25, 0.3) is 16.6 Å². The van der Waals surface area contributed by atoms with Gasteiger partial charge in [0.25, 0.3) is 5.56 Å². The predicted octanol–water partition coefficient (Wildman–Crippen LogP) is 2.25. The molecule has 2 aromatic carbocycles. The number of nitrogens with one attached hydrogen (secondary N) is 1. The van der Waals surface area contributed by atoms with Crippen molar-refractivity contribution in [3.05, 3.63) is 88.5 Å². The largest absolute Gasteiger partial charge is 0.354 e. The zero-order valence-corrected chi connectivity index (χ0v) is 16.1. The molecular weight excluding hydrogens is 366 g/mol. The fraction of sp³-hybridized carbons (Fsp3) is 0.182. The third kappa shape index (κ3) is 3.94. The van der Waals surface area contributed by atoms with Crippen LogP contribution >= 0.6 is 0 Å². The summed E-state index contributed by atoms with van der Waals surface area (Å²) in [5.41, 5.74) is 2.65. The molecule has 0 bridgehead atoms. The summed E-state index contributed by atoms with van der Waals surface area (Å²) in [6.07, 6.45) is 2.37. The second-order valence-corrected chi connectivity index (χ2v) is 6.79. The van der Waals surface area contributed by atoms with E-state index in [0.29, 0.717) is 23.1 Å². The number of para-hydroxylation sites is 1. The number of carbonyl (C=O) groups excluding carboxylic acids is 1. The number of benzene rings is 2. The Labute approximate surface area is 167 Å². The van der Waals surface area contributed by atoms with E-state index in [0.717, 1.165) is 17.7 Å². The summed E-state index contributed by atoms with van der Waals surface area (Å²) in [5, 5.41) is 12.2. The fourth-order valence-corrected chi connectivity index (χ4v) is 3.28. The predicted molar refractivity (Wildman–Crippen MR) is 111 cm³/mol. The Balaban J connectivity index is 1.55. The van der Waals surface area contributed by atoms with Gasteiger partial charge in [0.15, 0.2) is 0 Å². The number of hydrogen-bond acceptors (Lipinski definition) is 4. The van der Waals surface area contributed by atoms with Crippen molar-refractivity contribution < 1.29 is 4.79 Å². The smallest absolute Gasteiger partial charge is 0.293 e. The second-order valence-electron chi connectivity index (χ2n) is 6.79. The molecule has 2 aromatic heterocycles. The van der Waals surface area contributed by atoms with E-state index in [4.69, 9.17) is 0 Å². The average molecular weight is 387 g/mol. The van der Waals surface area contributed by atoms with Crippen LogP contribution < -0.4 is 10.9 Å². The molecule has 0 aliphatic heterocycles. The van der Waals surface area contributed by atoms with Gasteiger partial charge in [0.1, 0.15) is 12.1 Å². The van der Waals surface area contributed by atoms with Gasteiger partial charge in [-0.3, -0.25) is 9.59 Å². The third-order valence-electron chi connectivity index (χ3n) is 4.74. The standard InChI is InChI=1S/C22H21N5O2/c1-16-19-14-24-27(18-10-6-3-7-11-18)21(19)22(29)26(25-16)15-20(28)23-13-12-17-8-4-2-5-9-17/h2-11,14H,12-13,15H2,1H3,(H,23,28). The quantitative estimate of drug-likeness (QED) is 0.550. The summed E-state index contributed by atoms with van der Waals surface area (Å²) < 4.78 is 2.80. The van der Waals surface area contributed by atoms with E-state index in [1.54, 1.807) is 10.9 Å². The number of amides is 1. The van der Waals surface area contributed by atoms with E-state index in [1.165, 1.54) is 4.68 Å². The molecule has 2 heterocycles. The summed E-state index contributed by atoms with van der Waals surface area (Å²) >= 11 is 0. The van der Waals surface area contributed by atoms with Crippen molar-refractivity contribution in [2.75, 3.05) is 6.54 Å². The van der Waals surface area contributed by atoms with Gasteiger partial charge >= 0.3 is 0 Å². The van der Waals surface area contributed by atoms with E-state index in [2.05, 4.69) is 15.5 Å². The first kappa shape index (κ1) is 18.6. The number of hydrogen-bond donors (Lipinski definition) is 1. The first-order valence-electron chi connectivity index (χ1n) is 9.45. The maximum atomic E-state index is 13.0. The van der Waals surface area contributed by atoms with Crippen LogP contribution in [0.15, 0.2) is 71.7 Å². The van der Waals surface area contributed by atoms with Crippen LogP contribution in [0.3, 0.4) is 0 Å². The van der Waals surface area contributed by atoms with Gasteiger partial charge in [0, 0.05) is 11.9 Å². The van der Waals surface area contributed by atoms with Crippen LogP contribution in [0.1, 0.15) is 11.3 Å². The second kappa shape index (κ2) is 8.10. The molecule has 0 aliphatic carbocycles. The van der Waals surface area contributed by atoms with Crippen LogP contribution in [0.2, 0.25) is 0 Å². The molecule has 0 radical (unpaired) electrons. The average Bonchev–Trinajstić information content (AvgIpc) is 3.19. The summed E-state index contributed by atoms with van der Waals surface area (Å²) in [6, 6.07) is 19.3. The fourth-order valence-electron chi connectivity index (χ4n) is 3.28. The maximum Gasteiger partial charge on any atom is 0.293 e. The molecule has 7 nitrogen and oxygen atoms in total. The lowest BCUT2D eigenvalue weighted by Gasteiger charge is -2.09. The van der Waals surface area contributed by atoms with Crippen molar-refractivity contribution in [2.24, 2.45) is 0 Å². The maximum absolute atomic E-state index is 13.0. The highest BCUT2D eigenvalue weighted by atomic mass is 16.2. The first-order chi connectivity index (χ1) is 14.1. The molecule has 0 unspecified atom stereocenters. The Morgan fingerprint density at radius 2 is 1.72 bits per heavy atom. The van der Waals surface area contributed by atoms with Crippen LogP contribution in [0.4, 0.5) is 0 Å². The molecule has 1 amide bonds. The molecule has 29 heavy (non-hydrogen) atoms. The van der Waals surface area contributed by atoms with Crippen molar-refractivity contribution in [3.63, 3.8) is 0 Å². The minimum absolute atomic E-state index is 0.135. The van der Waals surface area contributed by atoms with Gasteiger partial charge in [0.2, 0.25) is 5.91 Å². The van der Waals surface area contributed by atoms with Gasteiger partial charge in [0.05, 0.1) is 17.6 Å². The monoisotopic (exact) mass is 387 g/mol. The Bertz CT molecular complexity index is 1200. The summed E-state index contributed by atoms with van der Waals surface area (Å²) in [7, 11) is 0. The minimum Gasteiger partial charge on any atom is -0.354 e. The number of aromatic nitrogens is 4. The normalized spacial score (nSPS) is 10.9. The Hall–Kier alpha value is -3.74. The molecule has 0 atom stereocenters. The highest BCUT2D eigenvalue weighted by molar-refractivity contribution is 5.82. The van der Waals surface area contributed by atoms with E-state index < -0.39 is 0 Å². The SMILES string of the molecule is Cc1nn(CC(=O)NCCc2ccccc2)c(=O)c2c1cnn2-c1ccccc1. The van der Waals surface area contributed by atoms with Crippen LogP contribution in [0.5, 0.6) is 0 Å². The van der Waals surface area contributed by atoms with E-state index in [1.807, 2.05) is 67.6 Å². The van der Waals surface area contributed by atoms with E-state index in [9.17, 15) is 9.59 Å². The summed E-state index contributed by atoms with van der Waals surface area (Å²) in [4.78, 5) is 25.4. The van der Waals surface area contributed by atoms with Crippen molar-refractivity contribution in [1.82, 2.24) is 24.9 Å². The zero-order valence-electron chi connectivity index (χ0n) is 16.1. The number of carbonyl (C=O) groups is 1. The summed E-state index contributed by atoms with van der Waals surface area (Å²) in [5.74, 6) is -0.250. The van der Waals surface area contributed by atoms with Crippen LogP contribution in [-0.2, 0) is 17.8 Å². The zero-order chi connectivity index (χ0) is 20.2. The topological polar surface area (TPSA) is 81.8 Å². The van der Waals surface area contributed by atoms with Gasteiger partial charge < -0.3 is 5.32 Å². The van der Waals surface area contributed by atoms with Gasteiger partial charge in [-0.1, -0.05) is 48.5 Å². The van der Waals surface area contributed by atoms with E-state index >= 15 is 0 Å². The number of fused-ring (bicyclic) bond motifs is 1. The lowest BCUT2D eigenvalue weighted by atomic mass is 10.1. The highest BCUT2D eigenvalue weighted by Gasteiger charge is 2.16. The Morgan fingerprint density at radius 1 is 1.03 bits per heavy atom. The van der Waals surface area contributed by atoms with Crippen molar-refractivity contribution in [3.8, 4) is 5.69 Å². The lowest BCUT2D eigenvalue weighted by Crippen LogP contribution is -2.35. The number of aryl methyl sites for hydroxylation is 1. The van der Waals surface area contributed by atoms with E-state index in [-0.39, 0.29) is 18.0 Å². The molecule has 0 saturated heterocycles. The van der Waals surface area contributed by atoms with Crippen LogP contribution in [0, 0.1) is 6.92 Å². The molecule has 146 valence electrons. The van der Waals surface area contributed by atoms with Gasteiger partial charge in [-0.2, -0.15) is 10.2 Å².